The average Bonchev–Trinajstić information content (AvgIpc) is 3.16. The average molecular weight is 464 g/mol. The molecule has 2 heterocycles. The largest absolute Gasteiger partial charge is 0.326 e. The summed E-state index contributed by atoms with van der Waals surface area (Å²) in [5.41, 5.74) is 1.28. The molecule has 31 heavy (non-hydrogen) atoms. The lowest BCUT2D eigenvalue weighted by Gasteiger charge is -2.30. The lowest BCUT2D eigenvalue weighted by atomic mass is 9.98. The Morgan fingerprint density at radius 2 is 1.74 bits per heavy atom. The lowest BCUT2D eigenvalue weighted by molar-refractivity contribution is -0.121. The molecule has 2 amide bonds. The number of hydrogen-bond donors (Lipinski definition) is 2. The molecule has 168 valence electrons. The number of thiophene rings is 1. The Hall–Kier alpha value is -2.23. The molecule has 7 nitrogen and oxygen atoms in total. The maximum absolute atomic E-state index is 12.9. The van der Waals surface area contributed by atoms with Crippen molar-refractivity contribution in [1.29, 1.82) is 0 Å². The van der Waals surface area contributed by atoms with Gasteiger partial charge in [0, 0.05) is 35.8 Å². The van der Waals surface area contributed by atoms with Crippen LogP contribution in [0.2, 0.25) is 0 Å². The van der Waals surface area contributed by atoms with E-state index in [2.05, 4.69) is 10.6 Å². The molecule has 0 radical (unpaired) electrons. The molecule has 1 aliphatic heterocycles. The van der Waals surface area contributed by atoms with Crippen molar-refractivity contribution in [1.82, 2.24) is 4.31 Å². The molecule has 1 saturated heterocycles. The van der Waals surface area contributed by atoms with Crippen LogP contribution in [0.1, 0.15) is 38.0 Å². The van der Waals surface area contributed by atoms with Crippen molar-refractivity contribution in [2.75, 3.05) is 23.7 Å². The van der Waals surface area contributed by atoms with Gasteiger partial charge in [-0.15, -0.1) is 11.3 Å². The number of aryl methyl sites for hydroxylation is 1. The number of rotatable bonds is 7. The molecule has 0 saturated carbocycles. The predicted octanol–water partition coefficient (Wildman–Crippen LogP) is 4.08. The van der Waals surface area contributed by atoms with E-state index < -0.39 is 15.9 Å². The van der Waals surface area contributed by atoms with Crippen LogP contribution < -0.4 is 10.6 Å². The molecule has 1 unspecified atom stereocenters. The Morgan fingerprint density at radius 1 is 1.10 bits per heavy atom. The van der Waals surface area contributed by atoms with Crippen LogP contribution in [0.15, 0.2) is 40.6 Å². The van der Waals surface area contributed by atoms with Crippen molar-refractivity contribution in [3.05, 3.63) is 41.3 Å². The highest BCUT2D eigenvalue weighted by Crippen LogP contribution is 2.28. The minimum atomic E-state index is -3.57. The van der Waals surface area contributed by atoms with Crippen molar-refractivity contribution in [3.8, 4) is 0 Å². The topological polar surface area (TPSA) is 95.6 Å². The molecule has 0 spiro atoms. The molecule has 1 aliphatic rings. The van der Waals surface area contributed by atoms with Gasteiger partial charge in [-0.3, -0.25) is 9.59 Å². The second kappa shape index (κ2) is 9.93. The van der Waals surface area contributed by atoms with Gasteiger partial charge in [-0.05, 0) is 62.1 Å². The van der Waals surface area contributed by atoms with E-state index >= 15 is 0 Å². The number of carbonyl (C=O) groups excluding carboxylic acids is 2. The molecule has 2 aromatic rings. The third kappa shape index (κ3) is 6.15. The normalized spacial score (nSPS) is 17.5. The van der Waals surface area contributed by atoms with E-state index in [1.807, 2.05) is 20.8 Å². The first kappa shape index (κ1) is 23.4. The molecule has 0 bridgehead atoms. The van der Waals surface area contributed by atoms with Gasteiger partial charge in [0.15, 0.2) is 0 Å². The van der Waals surface area contributed by atoms with Gasteiger partial charge >= 0.3 is 0 Å². The summed E-state index contributed by atoms with van der Waals surface area (Å²) in [5.74, 6) is -0.369. The molecule has 1 aromatic heterocycles. The number of nitrogens with zero attached hydrogens (tertiary/aromatic N) is 1. The monoisotopic (exact) mass is 463 g/mol. The quantitative estimate of drug-likeness (QED) is 0.647. The summed E-state index contributed by atoms with van der Waals surface area (Å²) in [6.07, 6.45) is 1.73. The second-order valence-electron chi connectivity index (χ2n) is 8.28. The van der Waals surface area contributed by atoms with Crippen molar-refractivity contribution in [3.63, 3.8) is 0 Å². The van der Waals surface area contributed by atoms with Crippen LogP contribution >= 0.6 is 11.3 Å². The third-order valence-corrected chi connectivity index (χ3v) is 8.43. The zero-order valence-corrected chi connectivity index (χ0v) is 19.7. The first-order valence-corrected chi connectivity index (χ1v) is 12.7. The number of hydrogen-bond acceptors (Lipinski definition) is 5. The van der Waals surface area contributed by atoms with Gasteiger partial charge in [0.25, 0.3) is 10.0 Å². The standard InChI is InChI=1S/C22H29N3O4S2/c1-15(2)13-20(26)23-18-7-9-19(10-8-18)24-22(27)17-5-4-12-25(14-17)31(28,29)21-11-6-16(3)30-21/h6-11,15,17H,4-5,12-14H2,1-3H3,(H,23,26)(H,24,27). The number of piperidine rings is 1. The van der Waals surface area contributed by atoms with Gasteiger partial charge in [0.2, 0.25) is 11.8 Å². The fraction of sp³-hybridized carbons (Fsp3) is 0.455. The highest BCUT2D eigenvalue weighted by Gasteiger charge is 2.34. The Bertz CT molecular complexity index is 1030. The van der Waals surface area contributed by atoms with E-state index in [0.717, 1.165) is 4.88 Å². The van der Waals surface area contributed by atoms with E-state index in [1.165, 1.54) is 15.6 Å². The number of amides is 2. The molecule has 1 aromatic carbocycles. The first-order valence-electron chi connectivity index (χ1n) is 10.4. The molecule has 0 aliphatic carbocycles. The van der Waals surface area contributed by atoms with Gasteiger partial charge in [-0.25, -0.2) is 8.42 Å². The summed E-state index contributed by atoms with van der Waals surface area (Å²) in [4.78, 5) is 25.6. The van der Waals surface area contributed by atoms with Gasteiger partial charge in [-0.1, -0.05) is 13.8 Å². The lowest BCUT2D eigenvalue weighted by Crippen LogP contribution is -2.43. The van der Waals surface area contributed by atoms with Crippen molar-refractivity contribution in [2.24, 2.45) is 11.8 Å². The van der Waals surface area contributed by atoms with Crippen LogP contribution in [0.3, 0.4) is 0 Å². The van der Waals surface area contributed by atoms with Crippen molar-refractivity contribution in [2.45, 2.75) is 44.2 Å². The maximum Gasteiger partial charge on any atom is 0.252 e. The highest BCUT2D eigenvalue weighted by molar-refractivity contribution is 7.91. The van der Waals surface area contributed by atoms with E-state index in [1.54, 1.807) is 36.4 Å². The molecule has 1 fully saturated rings. The van der Waals surface area contributed by atoms with Crippen molar-refractivity contribution >= 4 is 44.5 Å². The number of nitrogens with one attached hydrogen (secondary N) is 2. The van der Waals surface area contributed by atoms with Crippen LogP contribution in [-0.4, -0.2) is 37.6 Å². The Kier molecular flexibility index (Phi) is 7.51. The minimum Gasteiger partial charge on any atom is -0.326 e. The number of carbonyl (C=O) groups is 2. The van der Waals surface area contributed by atoms with Crippen LogP contribution in [0.5, 0.6) is 0 Å². The highest BCUT2D eigenvalue weighted by atomic mass is 32.2. The molecular weight excluding hydrogens is 434 g/mol. The summed E-state index contributed by atoms with van der Waals surface area (Å²) < 4.78 is 27.5. The van der Waals surface area contributed by atoms with E-state index in [9.17, 15) is 18.0 Å². The van der Waals surface area contributed by atoms with Crippen LogP contribution in [0.4, 0.5) is 11.4 Å². The first-order chi connectivity index (χ1) is 14.6. The second-order valence-corrected chi connectivity index (χ2v) is 11.7. The maximum atomic E-state index is 12.9. The molecule has 2 N–H and O–H groups in total. The zero-order chi connectivity index (χ0) is 22.6. The number of anilines is 2. The summed E-state index contributed by atoms with van der Waals surface area (Å²) in [6, 6.07) is 10.4. The van der Waals surface area contributed by atoms with E-state index in [4.69, 9.17) is 0 Å². The molecular formula is C22H29N3O4S2. The van der Waals surface area contributed by atoms with Gasteiger partial charge in [0.1, 0.15) is 4.21 Å². The van der Waals surface area contributed by atoms with E-state index in [-0.39, 0.29) is 24.3 Å². The van der Waals surface area contributed by atoms with Gasteiger partial charge in [0.05, 0.1) is 5.92 Å². The summed E-state index contributed by atoms with van der Waals surface area (Å²) in [7, 11) is -3.57. The predicted molar refractivity (Wildman–Crippen MR) is 124 cm³/mol. The molecule has 9 heteroatoms. The third-order valence-electron chi connectivity index (χ3n) is 5.09. The summed E-state index contributed by atoms with van der Waals surface area (Å²) in [6.45, 7) is 6.44. The number of benzene rings is 1. The SMILES string of the molecule is Cc1ccc(S(=O)(=O)N2CCCC(C(=O)Nc3ccc(NC(=O)CC(C)C)cc3)C2)s1. The smallest absolute Gasteiger partial charge is 0.252 e. The fourth-order valence-electron chi connectivity index (χ4n) is 3.52. The Morgan fingerprint density at radius 3 is 2.32 bits per heavy atom. The molecule has 1 atom stereocenters. The zero-order valence-electron chi connectivity index (χ0n) is 18.1. The number of sulfonamides is 1. The van der Waals surface area contributed by atoms with Gasteiger partial charge in [-0.2, -0.15) is 4.31 Å². The van der Waals surface area contributed by atoms with Crippen molar-refractivity contribution < 1.29 is 18.0 Å². The van der Waals surface area contributed by atoms with Crippen LogP contribution in [0.25, 0.3) is 0 Å². The summed E-state index contributed by atoms with van der Waals surface area (Å²) in [5, 5.41) is 5.70. The summed E-state index contributed by atoms with van der Waals surface area (Å²) >= 11 is 1.25. The molecule has 3 rings (SSSR count). The fourth-order valence-corrected chi connectivity index (χ4v) is 6.48. The Balaban J connectivity index is 1.59. The minimum absolute atomic E-state index is 0.0452. The van der Waals surface area contributed by atoms with E-state index in [0.29, 0.717) is 41.4 Å². The Labute approximate surface area is 187 Å². The van der Waals surface area contributed by atoms with Gasteiger partial charge < -0.3 is 10.6 Å². The van der Waals surface area contributed by atoms with Crippen LogP contribution in [0, 0.1) is 18.8 Å². The van der Waals surface area contributed by atoms with Crippen LogP contribution in [-0.2, 0) is 19.6 Å².